The van der Waals surface area contributed by atoms with Crippen molar-refractivity contribution >= 4 is 28.9 Å². The highest BCUT2D eigenvalue weighted by molar-refractivity contribution is 6.33. The van der Waals surface area contributed by atoms with E-state index in [1.165, 1.54) is 18.4 Å². The van der Waals surface area contributed by atoms with Crippen LogP contribution in [0.3, 0.4) is 0 Å². The first-order valence-corrected chi connectivity index (χ1v) is 8.95. The zero-order chi connectivity index (χ0) is 17.8. The van der Waals surface area contributed by atoms with Crippen LogP contribution in [0, 0.1) is 13.8 Å². The Morgan fingerprint density at radius 2 is 1.92 bits per heavy atom. The van der Waals surface area contributed by atoms with Crippen LogP contribution >= 0.6 is 11.6 Å². The van der Waals surface area contributed by atoms with Gasteiger partial charge in [-0.3, -0.25) is 4.79 Å². The van der Waals surface area contributed by atoms with Gasteiger partial charge in [0.2, 0.25) is 0 Å². The van der Waals surface area contributed by atoms with E-state index in [2.05, 4.69) is 10.2 Å². The average Bonchev–Trinajstić information content (AvgIpc) is 3.08. The Bertz CT molecular complexity index is 770. The minimum Gasteiger partial charge on any atom is -0.483 e. The van der Waals surface area contributed by atoms with E-state index in [9.17, 15) is 4.79 Å². The van der Waals surface area contributed by atoms with E-state index in [-0.39, 0.29) is 12.5 Å². The number of halogens is 1. The van der Waals surface area contributed by atoms with E-state index in [0.717, 1.165) is 30.1 Å². The maximum Gasteiger partial charge on any atom is 0.262 e. The molecule has 0 spiro atoms. The quantitative estimate of drug-likeness (QED) is 0.850. The monoisotopic (exact) mass is 358 g/mol. The Labute approximate surface area is 153 Å². The summed E-state index contributed by atoms with van der Waals surface area (Å²) in [6, 6.07) is 11.5. The first kappa shape index (κ1) is 17.6. The largest absolute Gasteiger partial charge is 0.483 e. The minimum atomic E-state index is -0.204. The van der Waals surface area contributed by atoms with Crippen molar-refractivity contribution in [2.24, 2.45) is 0 Å². The lowest BCUT2D eigenvalue weighted by molar-refractivity contribution is -0.118. The molecule has 1 aliphatic heterocycles. The molecule has 1 N–H and O–H groups in total. The molecule has 3 rings (SSSR count). The van der Waals surface area contributed by atoms with E-state index < -0.39 is 0 Å². The molecule has 2 aromatic carbocycles. The van der Waals surface area contributed by atoms with Crippen LogP contribution in [-0.4, -0.2) is 25.6 Å². The number of rotatable bonds is 5. The fourth-order valence-electron chi connectivity index (χ4n) is 3.10. The smallest absolute Gasteiger partial charge is 0.262 e. The van der Waals surface area contributed by atoms with Crippen molar-refractivity contribution in [2.45, 2.75) is 26.7 Å². The summed E-state index contributed by atoms with van der Waals surface area (Å²) >= 11 is 6.38. The lowest BCUT2D eigenvalue weighted by Gasteiger charge is -2.19. The predicted octanol–water partition coefficient (Wildman–Crippen LogP) is 4.57. The molecule has 0 saturated carbocycles. The molecule has 0 atom stereocenters. The molecule has 0 aromatic heterocycles. The number of carbonyl (C=O) groups excluding carboxylic acids is 1. The Balaban J connectivity index is 1.58. The summed E-state index contributed by atoms with van der Waals surface area (Å²) in [5, 5.41) is 3.50. The molecule has 4 nitrogen and oxygen atoms in total. The minimum absolute atomic E-state index is 0.0323. The van der Waals surface area contributed by atoms with Crippen LogP contribution in [0.15, 0.2) is 36.4 Å². The molecule has 5 heteroatoms. The van der Waals surface area contributed by atoms with Gasteiger partial charge in [0.25, 0.3) is 5.91 Å². The number of anilines is 2. The summed E-state index contributed by atoms with van der Waals surface area (Å²) in [7, 11) is 0. The predicted molar refractivity (Wildman–Crippen MR) is 103 cm³/mol. The van der Waals surface area contributed by atoms with Crippen LogP contribution in [0.25, 0.3) is 0 Å². The topological polar surface area (TPSA) is 41.6 Å². The maximum atomic E-state index is 12.1. The molecule has 2 aromatic rings. The number of aryl methyl sites for hydroxylation is 2. The zero-order valence-electron chi connectivity index (χ0n) is 14.6. The van der Waals surface area contributed by atoms with E-state index in [4.69, 9.17) is 16.3 Å². The standard InChI is InChI=1S/C20H23ClN2O2/c1-14-5-8-19(15(2)11-14)25-13-20(24)22-16-6-7-18(17(21)12-16)23-9-3-4-10-23/h5-8,11-12H,3-4,9-10,13H2,1-2H3,(H,22,24). The SMILES string of the molecule is Cc1ccc(OCC(=O)Nc2ccc(N3CCCC3)c(Cl)c2)c(C)c1. The van der Waals surface area contributed by atoms with Crippen LogP contribution in [0.5, 0.6) is 5.75 Å². The number of carbonyl (C=O) groups is 1. The third-order valence-electron chi connectivity index (χ3n) is 4.37. The highest BCUT2D eigenvalue weighted by Gasteiger charge is 2.15. The molecule has 1 amide bonds. The van der Waals surface area contributed by atoms with Crippen LogP contribution in [0.4, 0.5) is 11.4 Å². The summed E-state index contributed by atoms with van der Waals surface area (Å²) < 4.78 is 5.61. The van der Waals surface area contributed by atoms with Crippen molar-refractivity contribution in [3.8, 4) is 5.75 Å². The summed E-state index contributed by atoms with van der Waals surface area (Å²) in [6.45, 7) is 6.04. The van der Waals surface area contributed by atoms with Crippen molar-refractivity contribution in [3.63, 3.8) is 0 Å². The molecule has 0 unspecified atom stereocenters. The van der Waals surface area contributed by atoms with Crippen molar-refractivity contribution in [1.29, 1.82) is 0 Å². The fraction of sp³-hybridized carbons (Fsp3) is 0.350. The normalized spacial score (nSPS) is 13.8. The highest BCUT2D eigenvalue weighted by Crippen LogP contribution is 2.31. The second-order valence-electron chi connectivity index (χ2n) is 6.47. The zero-order valence-corrected chi connectivity index (χ0v) is 15.4. The van der Waals surface area contributed by atoms with E-state index >= 15 is 0 Å². The summed E-state index contributed by atoms with van der Waals surface area (Å²) in [5.74, 6) is 0.521. The second kappa shape index (κ2) is 7.79. The molecule has 1 saturated heterocycles. The summed E-state index contributed by atoms with van der Waals surface area (Å²) in [5.41, 5.74) is 3.90. The van der Waals surface area contributed by atoms with Gasteiger partial charge in [0.15, 0.2) is 6.61 Å². The Morgan fingerprint density at radius 1 is 1.16 bits per heavy atom. The van der Waals surface area contributed by atoms with Gasteiger partial charge < -0.3 is 15.0 Å². The van der Waals surface area contributed by atoms with Gasteiger partial charge in [-0.2, -0.15) is 0 Å². The van der Waals surface area contributed by atoms with E-state index in [1.54, 1.807) is 6.07 Å². The van der Waals surface area contributed by atoms with Crippen molar-refractivity contribution in [3.05, 3.63) is 52.5 Å². The first-order chi connectivity index (χ1) is 12.0. The molecule has 1 fully saturated rings. The molecule has 0 aliphatic carbocycles. The van der Waals surface area contributed by atoms with Gasteiger partial charge >= 0.3 is 0 Å². The van der Waals surface area contributed by atoms with Gasteiger partial charge in [-0.15, -0.1) is 0 Å². The van der Waals surface area contributed by atoms with E-state index in [1.807, 2.05) is 44.2 Å². The Hall–Kier alpha value is -2.20. The van der Waals surface area contributed by atoms with Gasteiger partial charge in [-0.25, -0.2) is 0 Å². The average molecular weight is 359 g/mol. The van der Waals surface area contributed by atoms with Gasteiger partial charge in [-0.05, 0) is 56.5 Å². The van der Waals surface area contributed by atoms with Crippen LogP contribution in [0.1, 0.15) is 24.0 Å². The number of nitrogens with one attached hydrogen (secondary N) is 1. The summed E-state index contributed by atoms with van der Waals surface area (Å²) in [4.78, 5) is 14.4. The van der Waals surface area contributed by atoms with Crippen LogP contribution in [-0.2, 0) is 4.79 Å². The molecular formula is C20H23ClN2O2. The Kier molecular flexibility index (Phi) is 5.49. The number of hydrogen-bond acceptors (Lipinski definition) is 3. The van der Waals surface area contributed by atoms with Crippen molar-refractivity contribution in [1.82, 2.24) is 0 Å². The molecular weight excluding hydrogens is 336 g/mol. The molecule has 1 aliphatic rings. The van der Waals surface area contributed by atoms with Gasteiger partial charge in [0, 0.05) is 18.8 Å². The lowest BCUT2D eigenvalue weighted by atomic mass is 10.1. The fourth-order valence-corrected chi connectivity index (χ4v) is 3.40. The number of hydrogen-bond donors (Lipinski definition) is 1. The maximum absolute atomic E-state index is 12.1. The van der Waals surface area contributed by atoms with E-state index in [0.29, 0.717) is 10.7 Å². The number of benzene rings is 2. The van der Waals surface area contributed by atoms with Crippen molar-refractivity contribution < 1.29 is 9.53 Å². The number of amides is 1. The number of nitrogens with zero attached hydrogens (tertiary/aromatic N) is 1. The third kappa shape index (κ3) is 4.45. The van der Waals surface area contributed by atoms with Crippen LogP contribution in [0.2, 0.25) is 5.02 Å². The molecule has 1 heterocycles. The molecule has 0 radical (unpaired) electrons. The summed E-state index contributed by atoms with van der Waals surface area (Å²) in [6.07, 6.45) is 2.40. The highest BCUT2D eigenvalue weighted by atomic mass is 35.5. The molecule has 0 bridgehead atoms. The third-order valence-corrected chi connectivity index (χ3v) is 4.67. The van der Waals surface area contributed by atoms with Gasteiger partial charge in [0.1, 0.15) is 5.75 Å². The molecule has 25 heavy (non-hydrogen) atoms. The van der Waals surface area contributed by atoms with Crippen LogP contribution < -0.4 is 15.0 Å². The molecule has 132 valence electrons. The van der Waals surface area contributed by atoms with Gasteiger partial charge in [0.05, 0.1) is 10.7 Å². The Morgan fingerprint density at radius 3 is 2.60 bits per heavy atom. The van der Waals surface area contributed by atoms with Crippen molar-refractivity contribution in [2.75, 3.05) is 29.9 Å². The number of ether oxygens (including phenoxy) is 1. The first-order valence-electron chi connectivity index (χ1n) is 8.57. The second-order valence-corrected chi connectivity index (χ2v) is 6.87. The lowest BCUT2D eigenvalue weighted by Crippen LogP contribution is -2.21. The van der Waals surface area contributed by atoms with Gasteiger partial charge in [-0.1, -0.05) is 29.3 Å².